The molecule has 0 radical (unpaired) electrons. The maximum atomic E-state index is 5.19. The van der Waals surface area contributed by atoms with Crippen molar-refractivity contribution in [2.45, 2.75) is 24.3 Å². The number of hydrogen-bond donors (Lipinski definition) is 2. The minimum Gasteiger partial charge on any atom is -0.333 e. The van der Waals surface area contributed by atoms with Crippen molar-refractivity contribution in [3.05, 3.63) is 23.8 Å². The smallest absolute Gasteiger partial charge is 0.166 e. The molecule has 3 nitrogen and oxygen atoms in total. The van der Waals surface area contributed by atoms with Gasteiger partial charge in [0.1, 0.15) is 0 Å². The molecule has 0 aliphatic heterocycles. The van der Waals surface area contributed by atoms with Gasteiger partial charge >= 0.3 is 0 Å². The maximum Gasteiger partial charge on any atom is 0.166 e. The minimum absolute atomic E-state index is 0.431. The Morgan fingerprint density at radius 2 is 2.39 bits per heavy atom. The second-order valence-electron chi connectivity index (χ2n) is 4.33. The van der Waals surface area contributed by atoms with Crippen LogP contribution in [0.4, 0.5) is 0 Å². The third kappa shape index (κ3) is 3.28. The van der Waals surface area contributed by atoms with Crippen LogP contribution in [0.25, 0.3) is 11.0 Å². The zero-order valence-corrected chi connectivity index (χ0v) is 11.5. The van der Waals surface area contributed by atoms with E-state index >= 15 is 0 Å². The number of benzene rings is 1. The summed E-state index contributed by atoms with van der Waals surface area (Å²) in [5, 5.41) is 4.59. The highest BCUT2D eigenvalue weighted by Gasteiger charge is 2.08. The molecule has 1 heterocycles. The summed E-state index contributed by atoms with van der Waals surface area (Å²) >= 11 is 1.73. The van der Waals surface area contributed by atoms with Gasteiger partial charge in [-0.25, -0.2) is 4.98 Å². The molecule has 0 spiro atoms. The standard InChI is InChI=1S/C14H17N3S/c1-4-7-15-9-11(3)18-14-16-12-6-5-10(2)8-13(12)17-14/h1,5-6,8,11,15H,7,9H2,2-3H3,(H,16,17). The van der Waals surface area contributed by atoms with Gasteiger partial charge in [-0.1, -0.05) is 30.7 Å². The van der Waals surface area contributed by atoms with Gasteiger partial charge in [-0.2, -0.15) is 0 Å². The molecule has 2 rings (SSSR count). The number of rotatable bonds is 5. The number of hydrogen-bond acceptors (Lipinski definition) is 3. The molecule has 0 bridgehead atoms. The second-order valence-corrected chi connectivity index (χ2v) is 5.75. The molecule has 94 valence electrons. The number of aromatic nitrogens is 2. The number of nitrogens with zero attached hydrogens (tertiary/aromatic N) is 1. The van der Waals surface area contributed by atoms with E-state index in [1.165, 1.54) is 5.56 Å². The number of terminal acetylenes is 1. The molecule has 0 saturated heterocycles. The lowest BCUT2D eigenvalue weighted by molar-refractivity contribution is 0.746. The first-order valence-corrected chi connectivity index (χ1v) is 6.84. The zero-order chi connectivity index (χ0) is 13.0. The van der Waals surface area contributed by atoms with Crippen molar-refractivity contribution in [3.8, 4) is 12.3 Å². The number of aryl methyl sites for hydroxylation is 1. The van der Waals surface area contributed by atoms with Crippen LogP contribution >= 0.6 is 11.8 Å². The third-order valence-electron chi connectivity index (χ3n) is 2.59. The molecule has 4 heteroatoms. The van der Waals surface area contributed by atoms with Crippen LogP contribution in [-0.2, 0) is 0 Å². The average Bonchev–Trinajstić information content (AvgIpc) is 2.70. The van der Waals surface area contributed by atoms with Gasteiger partial charge in [0, 0.05) is 11.8 Å². The van der Waals surface area contributed by atoms with Crippen molar-refractivity contribution in [3.63, 3.8) is 0 Å². The Morgan fingerprint density at radius 3 is 3.17 bits per heavy atom. The van der Waals surface area contributed by atoms with Crippen LogP contribution < -0.4 is 5.32 Å². The van der Waals surface area contributed by atoms with Crippen molar-refractivity contribution < 1.29 is 0 Å². The lowest BCUT2D eigenvalue weighted by Gasteiger charge is -2.08. The van der Waals surface area contributed by atoms with Crippen LogP contribution in [0.1, 0.15) is 12.5 Å². The highest BCUT2D eigenvalue weighted by atomic mass is 32.2. The van der Waals surface area contributed by atoms with Gasteiger partial charge in [0.25, 0.3) is 0 Å². The van der Waals surface area contributed by atoms with Crippen LogP contribution in [-0.4, -0.2) is 28.3 Å². The fourth-order valence-electron chi connectivity index (χ4n) is 1.74. The predicted octanol–water partition coefficient (Wildman–Crippen LogP) is 2.57. The van der Waals surface area contributed by atoms with E-state index in [4.69, 9.17) is 6.42 Å². The van der Waals surface area contributed by atoms with E-state index in [-0.39, 0.29) is 0 Å². The normalized spacial score (nSPS) is 12.5. The summed E-state index contributed by atoms with van der Waals surface area (Å²) in [7, 11) is 0. The summed E-state index contributed by atoms with van der Waals surface area (Å²) in [6, 6.07) is 6.25. The van der Waals surface area contributed by atoms with Crippen LogP contribution in [0.2, 0.25) is 0 Å². The third-order valence-corrected chi connectivity index (χ3v) is 3.57. The largest absolute Gasteiger partial charge is 0.333 e. The molecular formula is C14H17N3S. The second kappa shape index (κ2) is 5.94. The van der Waals surface area contributed by atoms with E-state index < -0.39 is 0 Å². The molecule has 0 aliphatic rings. The molecule has 1 aromatic heterocycles. The average molecular weight is 259 g/mol. The molecule has 1 unspecified atom stereocenters. The van der Waals surface area contributed by atoms with Gasteiger partial charge in [0.15, 0.2) is 5.16 Å². The minimum atomic E-state index is 0.431. The maximum absolute atomic E-state index is 5.19. The molecule has 0 saturated carbocycles. The lowest BCUT2D eigenvalue weighted by atomic mass is 10.2. The van der Waals surface area contributed by atoms with Gasteiger partial charge in [0.05, 0.1) is 17.6 Å². The Morgan fingerprint density at radius 1 is 1.56 bits per heavy atom. The van der Waals surface area contributed by atoms with E-state index in [0.717, 1.165) is 22.7 Å². The summed E-state index contributed by atoms with van der Waals surface area (Å²) in [5.74, 6) is 2.57. The number of fused-ring (bicyclic) bond motifs is 1. The molecule has 1 atom stereocenters. The van der Waals surface area contributed by atoms with E-state index in [2.05, 4.69) is 47.2 Å². The molecule has 0 aliphatic carbocycles. The molecule has 0 amide bonds. The van der Waals surface area contributed by atoms with Crippen LogP contribution in [0.5, 0.6) is 0 Å². The number of thioether (sulfide) groups is 1. The van der Waals surface area contributed by atoms with Crippen LogP contribution in [0.15, 0.2) is 23.4 Å². The quantitative estimate of drug-likeness (QED) is 0.492. The monoisotopic (exact) mass is 259 g/mol. The van der Waals surface area contributed by atoms with Crippen molar-refractivity contribution >= 4 is 22.8 Å². The Balaban J connectivity index is 2.01. The molecule has 2 N–H and O–H groups in total. The molecule has 18 heavy (non-hydrogen) atoms. The van der Waals surface area contributed by atoms with Crippen molar-refractivity contribution in [1.82, 2.24) is 15.3 Å². The Bertz CT molecular complexity index is 568. The first kappa shape index (κ1) is 13.0. The highest BCUT2D eigenvalue weighted by Crippen LogP contribution is 2.23. The summed E-state index contributed by atoms with van der Waals surface area (Å²) in [5.41, 5.74) is 3.36. The Hall–Kier alpha value is -1.44. The zero-order valence-electron chi connectivity index (χ0n) is 10.7. The van der Waals surface area contributed by atoms with Crippen molar-refractivity contribution in [2.75, 3.05) is 13.1 Å². The summed E-state index contributed by atoms with van der Waals surface area (Å²) < 4.78 is 0. The SMILES string of the molecule is C#CCNCC(C)Sc1nc2ccc(C)cc2[nH]1. The summed E-state index contributed by atoms with van der Waals surface area (Å²) in [4.78, 5) is 7.90. The first-order valence-electron chi connectivity index (χ1n) is 5.96. The molecule has 1 aromatic carbocycles. The van der Waals surface area contributed by atoms with Crippen molar-refractivity contribution in [1.29, 1.82) is 0 Å². The van der Waals surface area contributed by atoms with Crippen LogP contribution in [0.3, 0.4) is 0 Å². The fraction of sp³-hybridized carbons (Fsp3) is 0.357. The fourth-order valence-corrected chi connectivity index (χ4v) is 2.64. The molecule has 2 aromatic rings. The number of H-pyrrole nitrogens is 1. The van der Waals surface area contributed by atoms with Gasteiger partial charge in [-0.3, -0.25) is 0 Å². The van der Waals surface area contributed by atoms with Gasteiger partial charge < -0.3 is 10.3 Å². The summed E-state index contributed by atoms with van der Waals surface area (Å²) in [6.45, 7) is 5.74. The number of imidazole rings is 1. The first-order chi connectivity index (χ1) is 8.69. The van der Waals surface area contributed by atoms with E-state index in [0.29, 0.717) is 11.8 Å². The topological polar surface area (TPSA) is 40.7 Å². The number of nitrogens with one attached hydrogen (secondary N) is 2. The van der Waals surface area contributed by atoms with E-state index in [1.807, 2.05) is 6.07 Å². The Kier molecular flexibility index (Phi) is 4.29. The van der Waals surface area contributed by atoms with Gasteiger partial charge in [0.2, 0.25) is 0 Å². The lowest BCUT2D eigenvalue weighted by Crippen LogP contribution is -2.22. The van der Waals surface area contributed by atoms with Gasteiger partial charge in [-0.15, -0.1) is 6.42 Å². The van der Waals surface area contributed by atoms with Crippen LogP contribution in [0, 0.1) is 19.3 Å². The highest BCUT2D eigenvalue weighted by molar-refractivity contribution is 7.99. The molecule has 0 fully saturated rings. The van der Waals surface area contributed by atoms with Gasteiger partial charge in [-0.05, 0) is 24.6 Å². The van der Waals surface area contributed by atoms with Crippen molar-refractivity contribution in [2.24, 2.45) is 0 Å². The van der Waals surface area contributed by atoms with E-state index in [9.17, 15) is 0 Å². The summed E-state index contributed by atoms with van der Waals surface area (Å²) in [6.07, 6.45) is 5.19. The molecular weight excluding hydrogens is 242 g/mol. The number of aromatic amines is 1. The Labute approximate surface area is 112 Å². The van der Waals surface area contributed by atoms with E-state index in [1.54, 1.807) is 11.8 Å². The predicted molar refractivity (Wildman–Crippen MR) is 77.9 cm³/mol.